The molecule has 2 rings (SSSR count). The Balaban J connectivity index is 2.36. The minimum Gasteiger partial charge on any atom is -0.505 e. The van der Waals surface area contributed by atoms with E-state index in [1.807, 2.05) is 0 Å². The van der Waals surface area contributed by atoms with Crippen LogP contribution in [0.2, 0.25) is 0 Å². The van der Waals surface area contributed by atoms with Crippen molar-refractivity contribution in [1.82, 2.24) is 5.32 Å². The molecule has 4 heteroatoms. The molecule has 0 aromatic heterocycles. The van der Waals surface area contributed by atoms with Gasteiger partial charge in [-0.05, 0) is 31.5 Å². The lowest BCUT2D eigenvalue weighted by Crippen LogP contribution is -2.27. The van der Waals surface area contributed by atoms with E-state index < -0.39 is 5.82 Å². The van der Waals surface area contributed by atoms with Crippen molar-refractivity contribution in [2.24, 2.45) is 0 Å². The minimum absolute atomic E-state index is 0.0591. The third-order valence-electron chi connectivity index (χ3n) is 2.77. The number of phenolic OH excluding ortho intramolecular Hbond substituents is 1. The normalized spacial score (nSPS) is 21.6. The topological polar surface area (TPSA) is 32.3 Å². The molecule has 0 spiro atoms. The number of halogens is 2. The van der Waals surface area contributed by atoms with Gasteiger partial charge in [-0.3, -0.25) is 0 Å². The molecule has 0 unspecified atom stereocenters. The second-order valence-electron chi connectivity index (χ2n) is 3.79. The summed E-state index contributed by atoms with van der Waals surface area (Å²) in [5.74, 6) is -0.788. The molecule has 1 atom stereocenters. The van der Waals surface area contributed by atoms with Crippen LogP contribution in [0, 0.1) is 5.82 Å². The number of rotatable bonds is 1. The molecule has 1 aromatic rings. The molecule has 0 radical (unpaired) electrons. The summed E-state index contributed by atoms with van der Waals surface area (Å²) in [6.45, 7) is 0.924. The summed E-state index contributed by atoms with van der Waals surface area (Å²) in [7, 11) is 0. The quantitative estimate of drug-likeness (QED) is 0.824. The number of phenols is 1. The maximum atomic E-state index is 13.2. The van der Waals surface area contributed by atoms with Crippen LogP contribution in [0.3, 0.4) is 0 Å². The SMILES string of the molecule is Oc1c(F)ccc(Br)c1[C@@H]1CCCCN1. The van der Waals surface area contributed by atoms with Gasteiger partial charge >= 0.3 is 0 Å². The molecule has 0 aliphatic carbocycles. The van der Waals surface area contributed by atoms with Gasteiger partial charge in [-0.2, -0.15) is 0 Å². The molecule has 2 nitrogen and oxygen atoms in total. The summed E-state index contributed by atoms with van der Waals surface area (Å²) in [5.41, 5.74) is 0.648. The average molecular weight is 274 g/mol. The first kappa shape index (κ1) is 10.9. The fraction of sp³-hybridized carbons (Fsp3) is 0.455. The van der Waals surface area contributed by atoms with Gasteiger partial charge in [0.2, 0.25) is 0 Å². The Morgan fingerprint density at radius 2 is 2.20 bits per heavy atom. The highest BCUT2D eigenvalue weighted by Gasteiger charge is 2.22. The predicted molar refractivity (Wildman–Crippen MR) is 60.4 cm³/mol. The molecule has 15 heavy (non-hydrogen) atoms. The van der Waals surface area contributed by atoms with E-state index in [-0.39, 0.29) is 11.8 Å². The van der Waals surface area contributed by atoms with E-state index in [2.05, 4.69) is 21.2 Å². The molecular weight excluding hydrogens is 261 g/mol. The average Bonchev–Trinajstić information content (AvgIpc) is 2.26. The van der Waals surface area contributed by atoms with Gasteiger partial charge in [0.25, 0.3) is 0 Å². The van der Waals surface area contributed by atoms with Crippen molar-refractivity contribution in [2.45, 2.75) is 25.3 Å². The molecule has 1 aliphatic heterocycles. The number of benzene rings is 1. The minimum atomic E-state index is -0.555. The van der Waals surface area contributed by atoms with E-state index in [1.54, 1.807) is 6.07 Å². The lowest BCUT2D eigenvalue weighted by molar-refractivity contribution is 0.376. The number of hydrogen-bond donors (Lipinski definition) is 2. The standard InChI is InChI=1S/C11H13BrFNO/c12-7-4-5-8(13)11(15)10(7)9-3-1-2-6-14-9/h4-5,9,14-15H,1-3,6H2/t9-/m0/s1. The summed E-state index contributed by atoms with van der Waals surface area (Å²) in [6.07, 6.45) is 3.19. The third-order valence-corrected chi connectivity index (χ3v) is 3.46. The fourth-order valence-corrected chi connectivity index (χ4v) is 2.58. The molecule has 2 N–H and O–H groups in total. The second kappa shape index (κ2) is 4.49. The van der Waals surface area contributed by atoms with Crippen molar-refractivity contribution in [1.29, 1.82) is 0 Å². The summed E-state index contributed by atoms with van der Waals surface area (Å²) in [4.78, 5) is 0. The predicted octanol–water partition coefficient (Wildman–Crippen LogP) is 3.11. The molecule has 1 fully saturated rings. The Hall–Kier alpha value is -0.610. The molecule has 1 aromatic carbocycles. The zero-order valence-corrected chi connectivity index (χ0v) is 9.85. The first-order valence-electron chi connectivity index (χ1n) is 5.10. The molecule has 1 aliphatic rings. The molecule has 0 bridgehead atoms. The lowest BCUT2D eigenvalue weighted by atomic mass is 9.97. The Bertz CT molecular complexity index is 364. The highest BCUT2D eigenvalue weighted by molar-refractivity contribution is 9.10. The largest absolute Gasteiger partial charge is 0.505 e. The van der Waals surface area contributed by atoms with Gasteiger partial charge in [0.05, 0.1) is 0 Å². The zero-order chi connectivity index (χ0) is 10.8. The van der Waals surface area contributed by atoms with E-state index in [9.17, 15) is 9.50 Å². The second-order valence-corrected chi connectivity index (χ2v) is 4.65. The van der Waals surface area contributed by atoms with E-state index in [1.165, 1.54) is 6.07 Å². The van der Waals surface area contributed by atoms with Crippen molar-refractivity contribution in [3.63, 3.8) is 0 Å². The van der Waals surface area contributed by atoms with Crippen molar-refractivity contribution in [3.05, 3.63) is 28.0 Å². The van der Waals surface area contributed by atoms with Gasteiger partial charge in [-0.1, -0.05) is 22.4 Å². The van der Waals surface area contributed by atoms with Gasteiger partial charge in [-0.25, -0.2) is 4.39 Å². The van der Waals surface area contributed by atoms with Crippen LogP contribution in [0.25, 0.3) is 0 Å². The van der Waals surface area contributed by atoms with Crippen LogP contribution < -0.4 is 5.32 Å². The van der Waals surface area contributed by atoms with E-state index in [0.29, 0.717) is 5.56 Å². The van der Waals surface area contributed by atoms with Gasteiger partial charge in [0.1, 0.15) is 0 Å². The highest BCUT2D eigenvalue weighted by atomic mass is 79.9. The van der Waals surface area contributed by atoms with Gasteiger partial charge in [0, 0.05) is 16.1 Å². The number of piperidine rings is 1. The summed E-state index contributed by atoms with van der Waals surface area (Å²) in [6, 6.07) is 2.97. The van der Waals surface area contributed by atoms with Crippen LogP contribution in [0.1, 0.15) is 30.9 Å². The Morgan fingerprint density at radius 1 is 1.40 bits per heavy atom. The van der Waals surface area contributed by atoms with Crippen molar-refractivity contribution in [2.75, 3.05) is 6.54 Å². The molecule has 0 saturated carbocycles. The molecule has 0 amide bonds. The van der Waals surface area contributed by atoms with Gasteiger partial charge in [0.15, 0.2) is 11.6 Å². The Kier molecular flexibility index (Phi) is 3.26. The van der Waals surface area contributed by atoms with Gasteiger partial charge < -0.3 is 10.4 Å². The first-order chi connectivity index (χ1) is 7.20. The highest BCUT2D eigenvalue weighted by Crippen LogP contribution is 2.37. The third kappa shape index (κ3) is 2.16. The van der Waals surface area contributed by atoms with E-state index in [4.69, 9.17) is 0 Å². The first-order valence-corrected chi connectivity index (χ1v) is 5.89. The lowest BCUT2D eigenvalue weighted by Gasteiger charge is -2.25. The number of nitrogens with one attached hydrogen (secondary N) is 1. The maximum Gasteiger partial charge on any atom is 0.165 e. The van der Waals surface area contributed by atoms with Crippen LogP contribution in [0.5, 0.6) is 5.75 Å². The monoisotopic (exact) mass is 273 g/mol. The van der Waals surface area contributed by atoms with Crippen LogP contribution in [0.4, 0.5) is 4.39 Å². The van der Waals surface area contributed by atoms with E-state index in [0.717, 1.165) is 30.3 Å². The Morgan fingerprint density at radius 3 is 2.87 bits per heavy atom. The maximum absolute atomic E-state index is 13.2. The van der Waals surface area contributed by atoms with Crippen molar-refractivity contribution < 1.29 is 9.50 Å². The van der Waals surface area contributed by atoms with Crippen molar-refractivity contribution in [3.8, 4) is 5.75 Å². The van der Waals surface area contributed by atoms with Crippen molar-refractivity contribution >= 4 is 15.9 Å². The molecule has 1 saturated heterocycles. The summed E-state index contributed by atoms with van der Waals surface area (Å²) >= 11 is 3.35. The van der Waals surface area contributed by atoms with E-state index >= 15 is 0 Å². The number of aromatic hydroxyl groups is 1. The summed E-state index contributed by atoms with van der Waals surface area (Å²) < 4.78 is 14.0. The van der Waals surface area contributed by atoms with Crippen LogP contribution in [0.15, 0.2) is 16.6 Å². The smallest absolute Gasteiger partial charge is 0.165 e. The van der Waals surface area contributed by atoms with Crippen LogP contribution in [-0.4, -0.2) is 11.7 Å². The number of hydrogen-bond acceptors (Lipinski definition) is 2. The molecule has 1 heterocycles. The fourth-order valence-electron chi connectivity index (χ4n) is 1.99. The summed E-state index contributed by atoms with van der Waals surface area (Å²) in [5, 5.41) is 13.0. The molecule has 82 valence electrons. The molecular formula is C11H13BrFNO. The zero-order valence-electron chi connectivity index (χ0n) is 8.26. The van der Waals surface area contributed by atoms with Crippen LogP contribution >= 0.6 is 15.9 Å². The van der Waals surface area contributed by atoms with Crippen LogP contribution in [-0.2, 0) is 0 Å². The van der Waals surface area contributed by atoms with Gasteiger partial charge in [-0.15, -0.1) is 0 Å². The Labute approximate surface area is 96.6 Å².